The van der Waals surface area contributed by atoms with Gasteiger partial charge in [-0.25, -0.2) is 18.1 Å². The third-order valence-corrected chi connectivity index (χ3v) is 6.15. The molecule has 1 heterocycles. The molecule has 0 spiro atoms. The number of nitrogens with zero attached hydrogens (tertiary/aromatic N) is 2. The summed E-state index contributed by atoms with van der Waals surface area (Å²) in [5.41, 5.74) is -0.925. The molecule has 0 saturated heterocycles. The molecule has 0 radical (unpaired) electrons. The molecule has 0 amide bonds. The van der Waals surface area contributed by atoms with Crippen molar-refractivity contribution >= 4 is 51.3 Å². The van der Waals surface area contributed by atoms with Crippen LogP contribution >= 0.6 is 35.3 Å². The van der Waals surface area contributed by atoms with Crippen molar-refractivity contribution < 1.29 is 21.6 Å². The lowest BCUT2D eigenvalue weighted by Gasteiger charge is -2.25. The van der Waals surface area contributed by atoms with Gasteiger partial charge in [0.25, 0.3) is 0 Å². The summed E-state index contributed by atoms with van der Waals surface area (Å²) in [7, 11) is -1.88. The fraction of sp³-hybridized carbons (Fsp3) is 0.714. The molecule has 0 aliphatic heterocycles. The lowest BCUT2D eigenvalue weighted by Crippen LogP contribution is -2.41. The molecule has 13 heteroatoms. The lowest BCUT2D eigenvalue weighted by atomic mass is 9.86. The Morgan fingerprint density at radius 1 is 1.37 bits per heavy atom. The molecule has 0 aromatic carbocycles. The topological polar surface area (TPSA) is 95.5 Å². The standard InChI is InChI=1S/C14H22F3N5O2S2.HI/c1-18-13(20-8-12-22-11(9-25-12)14(15,16)17)19-5-6-26(23,24)21-7-10-3-2-4-10;/h9-10,21H,2-8H2,1H3,(H2,18,19,20);1H. The van der Waals surface area contributed by atoms with Crippen molar-refractivity contribution in [2.45, 2.75) is 32.0 Å². The van der Waals surface area contributed by atoms with Crippen LogP contribution in [0.3, 0.4) is 0 Å². The van der Waals surface area contributed by atoms with Crippen molar-refractivity contribution in [3.05, 3.63) is 16.1 Å². The molecule has 27 heavy (non-hydrogen) atoms. The monoisotopic (exact) mass is 541 g/mol. The van der Waals surface area contributed by atoms with Gasteiger partial charge in [0.05, 0.1) is 12.3 Å². The maximum Gasteiger partial charge on any atom is 0.434 e. The van der Waals surface area contributed by atoms with Gasteiger partial charge in [-0.1, -0.05) is 6.42 Å². The molecule has 1 aliphatic carbocycles. The first kappa shape index (κ1) is 24.4. The van der Waals surface area contributed by atoms with Crippen molar-refractivity contribution in [1.82, 2.24) is 20.3 Å². The average molecular weight is 541 g/mol. The van der Waals surface area contributed by atoms with E-state index in [1.54, 1.807) is 0 Å². The highest BCUT2D eigenvalue weighted by molar-refractivity contribution is 14.0. The van der Waals surface area contributed by atoms with Crippen LogP contribution in [-0.4, -0.2) is 45.3 Å². The molecule has 1 aromatic rings. The van der Waals surface area contributed by atoms with Crippen LogP contribution in [0, 0.1) is 5.92 Å². The van der Waals surface area contributed by atoms with Crippen LogP contribution in [0.4, 0.5) is 13.2 Å². The maximum atomic E-state index is 12.5. The van der Waals surface area contributed by atoms with Gasteiger partial charge in [-0.05, 0) is 18.8 Å². The summed E-state index contributed by atoms with van der Waals surface area (Å²) >= 11 is 0.892. The largest absolute Gasteiger partial charge is 0.434 e. The molecule has 2 rings (SSSR count). The molecule has 0 unspecified atom stereocenters. The second-order valence-corrected chi connectivity index (χ2v) is 8.81. The highest BCUT2D eigenvalue weighted by atomic mass is 127. The number of guanidine groups is 1. The van der Waals surface area contributed by atoms with Gasteiger partial charge < -0.3 is 10.6 Å². The van der Waals surface area contributed by atoms with Crippen LogP contribution in [0.1, 0.15) is 30.0 Å². The van der Waals surface area contributed by atoms with E-state index in [9.17, 15) is 21.6 Å². The predicted molar refractivity (Wildman–Crippen MR) is 110 cm³/mol. The van der Waals surface area contributed by atoms with Crippen molar-refractivity contribution in [3.63, 3.8) is 0 Å². The van der Waals surface area contributed by atoms with Gasteiger partial charge in [0, 0.05) is 25.5 Å². The van der Waals surface area contributed by atoms with Gasteiger partial charge >= 0.3 is 6.18 Å². The lowest BCUT2D eigenvalue weighted by molar-refractivity contribution is -0.140. The minimum atomic E-state index is -4.46. The van der Waals surface area contributed by atoms with E-state index in [2.05, 4.69) is 25.3 Å². The average Bonchev–Trinajstić information content (AvgIpc) is 2.98. The Kier molecular flexibility index (Phi) is 9.71. The number of alkyl halides is 3. The first-order chi connectivity index (χ1) is 12.2. The predicted octanol–water partition coefficient (Wildman–Crippen LogP) is 2.16. The van der Waals surface area contributed by atoms with Crippen molar-refractivity contribution in [1.29, 1.82) is 0 Å². The second kappa shape index (κ2) is 10.8. The van der Waals surface area contributed by atoms with Crippen LogP contribution in [-0.2, 0) is 22.7 Å². The molecular formula is C14H23F3IN5O2S2. The molecule has 7 nitrogen and oxygen atoms in total. The smallest absolute Gasteiger partial charge is 0.355 e. The highest BCUT2D eigenvalue weighted by Crippen LogP contribution is 2.29. The van der Waals surface area contributed by atoms with Gasteiger partial charge in [-0.3, -0.25) is 4.99 Å². The van der Waals surface area contributed by atoms with E-state index in [4.69, 9.17) is 0 Å². The molecular weight excluding hydrogens is 518 g/mol. The van der Waals surface area contributed by atoms with Crippen LogP contribution in [0.5, 0.6) is 0 Å². The summed E-state index contributed by atoms with van der Waals surface area (Å²) in [5, 5.41) is 6.84. The van der Waals surface area contributed by atoms with Crippen molar-refractivity contribution in [3.8, 4) is 0 Å². The molecule has 156 valence electrons. The van der Waals surface area contributed by atoms with Crippen LogP contribution < -0.4 is 15.4 Å². The van der Waals surface area contributed by atoms with Gasteiger partial charge in [0.2, 0.25) is 10.0 Å². The Labute approximate surface area is 177 Å². The first-order valence-electron chi connectivity index (χ1n) is 8.13. The Balaban J connectivity index is 0.00000364. The molecule has 1 aliphatic rings. The minimum absolute atomic E-state index is 0. The normalized spacial score (nSPS) is 15.8. The van der Waals surface area contributed by atoms with Gasteiger partial charge in [0.15, 0.2) is 11.7 Å². The van der Waals surface area contributed by atoms with E-state index >= 15 is 0 Å². The molecule has 0 atom stereocenters. The number of halogens is 4. The zero-order chi connectivity index (χ0) is 19.2. The third-order valence-electron chi connectivity index (χ3n) is 3.95. The Morgan fingerprint density at radius 2 is 2.07 bits per heavy atom. The zero-order valence-electron chi connectivity index (χ0n) is 14.7. The minimum Gasteiger partial charge on any atom is -0.355 e. The number of nitrogens with one attached hydrogen (secondary N) is 3. The van der Waals surface area contributed by atoms with E-state index in [0.717, 1.165) is 36.0 Å². The molecule has 1 saturated carbocycles. The zero-order valence-corrected chi connectivity index (χ0v) is 18.6. The number of rotatable bonds is 8. The molecule has 0 bridgehead atoms. The number of aromatic nitrogens is 1. The maximum absolute atomic E-state index is 12.5. The fourth-order valence-electron chi connectivity index (χ4n) is 2.22. The van der Waals surface area contributed by atoms with Crippen molar-refractivity contribution in [2.75, 3.05) is 25.9 Å². The van der Waals surface area contributed by atoms with E-state index < -0.39 is 21.9 Å². The van der Waals surface area contributed by atoms with Crippen LogP contribution in [0.2, 0.25) is 0 Å². The van der Waals surface area contributed by atoms with E-state index in [-0.39, 0.29) is 47.8 Å². The van der Waals surface area contributed by atoms with Gasteiger partial charge in [0.1, 0.15) is 5.01 Å². The quantitative estimate of drug-likeness (QED) is 0.267. The summed E-state index contributed by atoms with van der Waals surface area (Å²) in [6, 6.07) is 0. The van der Waals surface area contributed by atoms with Gasteiger partial charge in [-0.15, -0.1) is 35.3 Å². The summed E-state index contributed by atoms with van der Waals surface area (Å²) in [6.07, 6.45) is -1.19. The van der Waals surface area contributed by atoms with Gasteiger partial charge in [-0.2, -0.15) is 13.2 Å². The van der Waals surface area contributed by atoms with E-state index in [1.807, 2.05) is 0 Å². The number of sulfonamides is 1. The summed E-state index contributed by atoms with van der Waals surface area (Å²) in [6.45, 7) is 0.666. The number of thiazole rings is 1. The van der Waals surface area contributed by atoms with Crippen molar-refractivity contribution in [2.24, 2.45) is 10.9 Å². The number of hydrogen-bond donors (Lipinski definition) is 3. The Hall–Kier alpha value is -0.670. The molecule has 1 fully saturated rings. The summed E-state index contributed by atoms with van der Waals surface area (Å²) < 4.78 is 63.9. The van der Waals surface area contributed by atoms with E-state index in [0.29, 0.717) is 18.4 Å². The number of hydrogen-bond acceptors (Lipinski definition) is 5. The van der Waals surface area contributed by atoms with E-state index in [1.165, 1.54) is 7.05 Å². The molecule has 3 N–H and O–H groups in total. The Morgan fingerprint density at radius 3 is 2.59 bits per heavy atom. The molecule has 1 aromatic heterocycles. The highest BCUT2D eigenvalue weighted by Gasteiger charge is 2.33. The SMILES string of the molecule is CN=C(NCCS(=O)(=O)NCC1CCC1)NCc1nc(C(F)(F)F)cs1.I. The Bertz CT molecular complexity index is 721. The summed E-state index contributed by atoms with van der Waals surface area (Å²) in [5.74, 6) is 0.616. The fourth-order valence-corrected chi connectivity index (χ4v) is 3.97. The second-order valence-electron chi connectivity index (χ2n) is 5.94. The summed E-state index contributed by atoms with van der Waals surface area (Å²) in [4.78, 5) is 7.41. The number of aliphatic imine (C=N–C) groups is 1. The van der Waals surface area contributed by atoms with Crippen LogP contribution in [0.15, 0.2) is 10.4 Å². The third kappa shape index (κ3) is 8.48. The first-order valence-corrected chi connectivity index (χ1v) is 10.7. The van der Waals surface area contributed by atoms with Crippen LogP contribution in [0.25, 0.3) is 0 Å².